The zero-order valence-corrected chi connectivity index (χ0v) is 11.5. The first-order chi connectivity index (χ1) is 10.2. The van der Waals surface area contributed by atoms with E-state index < -0.39 is 0 Å². The maximum absolute atomic E-state index is 9.34. The Morgan fingerprint density at radius 1 is 1.33 bits per heavy atom. The molecular formula is C14H12N6O. The van der Waals surface area contributed by atoms with Crippen LogP contribution < -0.4 is 10.5 Å². The van der Waals surface area contributed by atoms with Crippen LogP contribution in [0, 0.1) is 18.3 Å². The minimum Gasteiger partial charge on any atom is -0.481 e. The summed E-state index contributed by atoms with van der Waals surface area (Å²) in [7, 11) is 1.57. The molecule has 0 aliphatic heterocycles. The fraction of sp³-hybridized carbons (Fsp3) is 0.143. The van der Waals surface area contributed by atoms with Gasteiger partial charge in [-0.3, -0.25) is 0 Å². The van der Waals surface area contributed by atoms with E-state index in [1.165, 1.54) is 6.33 Å². The van der Waals surface area contributed by atoms with Crippen molar-refractivity contribution in [2.45, 2.75) is 6.92 Å². The predicted octanol–water partition coefficient (Wildman–Crippen LogP) is 1.56. The molecule has 3 aromatic rings. The molecule has 3 aromatic heterocycles. The maximum Gasteiger partial charge on any atom is 0.215 e. The first-order valence-electron chi connectivity index (χ1n) is 6.19. The van der Waals surface area contributed by atoms with Crippen LogP contribution in [0.3, 0.4) is 0 Å². The van der Waals surface area contributed by atoms with Gasteiger partial charge >= 0.3 is 0 Å². The van der Waals surface area contributed by atoms with Gasteiger partial charge in [-0.05, 0) is 19.1 Å². The van der Waals surface area contributed by atoms with E-state index >= 15 is 0 Å². The van der Waals surface area contributed by atoms with Gasteiger partial charge in [0.2, 0.25) is 5.88 Å². The van der Waals surface area contributed by atoms with E-state index in [0.717, 1.165) is 11.1 Å². The standard InChI is InChI=1S/C14H12N6O/c1-8-3-10(6-17-14(8)21-2)12-9(5-15)4-11-13(16)18-7-19-20(11)12/h3-4,6-7H,1-2H3,(H2,16,18,19). The van der Waals surface area contributed by atoms with Crippen molar-refractivity contribution in [3.63, 3.8) is 0 Å². The largest absolute Gasteiger partial charge is 0.481 e. The van der Waals surface area contributed by atoms with Gasteiger partial charge in [0.05, 0.1) is 18.4 Å². The summed E-state index contributed by atoms with van der Waals surface area (Å²) in [5.41, 5.74) is 9.17. The second kappa shape index (κ2) is 4.76. The Kier molecular flexibility index (Phi) is 2.92. The number of aryl methyl sites for hydroxylation is 1. The van der Waals surface area contributed by atoms with E-state index in [2.05, 4.69) is 21.1 Å². The van der Waals surface area contributed by atoms with Gasteiger partial charge in [0, 0.05) is 17.3 Å². The lowest BCUT2D eigenvalue weighted by Crippen LogP contribution is -2.01. The Balaban J connectivity index is 2.32. The summed E-state index contributed by atoms with van der Waals surface area (Å²) in [5, 5.41) is 13.5. The quantitative estimate of drug-likeness (QED) is 0.764. The third kappa shape index (κ3) is 1.94. The number of nitriles is 1. The normalized spacial score (nSPS) is 10.5. The van der Waals surface area contributed by atoms with Crippen LogP contribution in [-0.4, -0.2) is 26.7 Å². The molecule has 7 nitrogen and oxygen atoms in total. The summed E-state index contributed by atoms with van der Waals surface area (Å²) in [6.45, 7) is 1.89. The molecule has 0 bridgehead atoms. The molecule has 0 aromatic carbocycles. The molecular weight excluding hydrogens is 268 g/mol. The summed E-state index contributed by atoms with van der Waals surface area (Å²) in [6.07, 6.45) is 3.00. The lowest BCUT2D eigenvalue weighted by atomic mass is 10.1. The van der Waals surface area contributed by atoms with Crippen molar-refractivity contribution >= 4 is 11.3 Å². The average Bonchev–Trinajstić information content (AvgIpc) is 2.87. The molecule has 0 aliphatic rings. The highest BCUT2D eigenvalue weighted by Gasteiger charge is 2.16. The number of nitrogens with two attached hydrogens (primary N) is 1. The molecule has 0 atom stereocenters. The first-order valence-corrected chi connectivity index (χ1v) is 6.19. The van der Waals surface area contributed by atoms with Gasteiger partial charge in [-0.15, -0.1) is 0 Å². The van der Waals surface area contributed by atoms with E-state index in [0.29, 0.717) is 28.5 Å². The highest BCUT2D eigenvalue weighted by Crippen LogP contribution is 2.29. The number of fused-ring (bicyclic) bond motifs is 1. The van der Waals surface area contributed by atoms with Crippen molar-refractivity contribution in [3.8, 4) is 23.2 Å². The smallest absolute Gasteiger partial charge is 0.215 e. The van der Waals surface area contributed by atoms with Crippen LogP contribution in [-0.2, 0) is 0 Å². The van der Waals surface area contributed by atoms with Crippen molar-refractivity contribution in [1.29, 1.82) is 5.26 Å². The summed E-state index contributed by atoms with van der Waals surface area (Å²) in [4.78, 5) is 8.17. The Hall–Kier alpha value is -3.14. The molecule has 3 rings (SSSR count). The van der Waals surface area contributed by atoms with Crippen LogP contribution in [0.1, 0.15) is 11.1 Å². The molecule has 3 heterocycles. The molecule has 0 aliphatic carbocycles. The van der Waals surface area contributed by atoms with Crippen molar-refractivity contribution < 1.29 is 4.74 Å². The second-order valence-electron chi connectivity index (χ2n) is 4.51. The Morgan fingerprint density at radius 2 is 2.14 bits per heavy atom. The van der Waals surface area contributed by atoms with Gasteiger partial charge < -0.3 is 10.5 Å². The Bertz CT molecular complexity index is 877. The van der Waals surface area contributed by atoms with Gasteiger partial charge in [0.1, 0.15) is 17.9 Å². The van der Waals surface area contributed by atoms with Crippen molar-refractivity contribution in [2.75, 3.05) is 12.8 Å². The fourth-order valence-corrected chi connectivity index (χ4v) is 2.28. The lowest BCUT2D eigenvalue weighted by Gasteiger charge is -2.07. The molecule has 0 fully saturated rings. The minimum atomic E-state index is 0.325. The number of anilines is 1. The number of rotatable bonds is 2. The molecule has 0 amide bonds. The molecule has 0 unspecified atom stereocenters. The zero-order valence-electron chi connectivity index (χ0n) is 11.5. The summed E-state index contributed by atoms with van der Waals surface area (Å²) in [6, 6.07) is 5.72. The lowest BCUT2D eigenvalue weighted by molar-refractivity contribution is 0.394. The SMILES string of the molecule is COc1ncc(-c2c(C#N)cc3c(N)ncnn23)cc1C. The van der Waals surface area contributed by atoms with E-state index in [4.69, 9.17) is 10.5 Å². The maximum atomic E-state index is 9.34. The third-order valence-corrected chi connectivity index (χ3v) is 3.22. The number of hydrogen-bond donors (Lipinski definition) is 1. The Labute approximate surface area is 120 Å². The Morgan fingerprint density at radius 3 is 2.81 bits per heavy atom. The monoisotopic (exact) mass is 280 g/mol. The van der Waals surface area contributed by atoms with Gasteiger partial charge in [0.15, 0.2) is 5.82 Å². The van der Waals surface area contributed by atoms with E-state index in [-0.39, 0.29) is 0 Å². The fourth-order valence-electron chi connectivity index (χ4n) is 2.28. The van der Waals surface area contributed by atoms with Crippen molar-refractivity contribution in [2.24, 2.45) is 0 Å². The van der Waals surface area contributed by atoms with E-state index in [1.54, 1.807) is 23.9 Å². The van der Waals surface area contributed by atoms with Crippen LogP contribution in [0.4, 0.5) is 5.82 Å². The summed E-state index contributed by atoms with van der Waals surface area (Å²) < 4.78 is 6.75. The highest BCUT2D eigenvalue weighted by atomic mass is 16.5. The van der Waals surface area contributed by atoms with Crippen molar-refractivity contribution in [1.82, 2.24) is 19.6 Å². The number of hydrogen-bond acceptors (Lipinski definition) is 6. The van der Waals surface area contributed by atoms with Crippen LogP contribution in [0.15, 0.2) is 24.7 Å². The van der Waals surface area contributed by atoms with Crippen LogP contribution in [0.2, 0.25) is 0 Å². The van der Waals surface area contributed by atoms with Gasteiger partial charge in [-0.2, -0.15) is 10.4 Å². The molecule has 2 N–H and O–H groups in total. The number of pyridine rings is 1. The van der Waals surface area contributed by atoms with Crippen LogP contribution in [0.5, 0.6) is 5.88 Å². The van der Waals surface area contributed by atoms with E-state index in [1.807, 2.05) is 13.0 Å². The number of nitrogens with zero attached hydrogens (tertiary/aromatic N) is 5. The molecule has 0 spiro atoms. The predicted molar refractivity (Wildman–Crippen MR) is 76.6 cm³/mol. The molecule has 21 heavy (non-hydrogen) atoms. The van der Waals surface area contributed by atoms with Crippen molar-refractivity contribution in [3.05, 3.63) is 35.8 Å². The van der Waals surface area contributed by atoms with Gasteiger partial charge in [0.25, 0.3) is 0 Å². The summed E-state index contributed by atoms with van der Waals surface area (Å²) >= 11 is 0. The number of aromatic nitrogens is 4. The number of methoxy groups -OCH3 is 1. The first kappa shape index (κ1) is 12.9. The van der Waals surface area contributed by atoms with Crippen LogP contribution >= 0.6 is 0 Å². The average molecular weight is 280 g/mol. The second-order valence-corrected chi connectivity index (χ2v) is 4.51. The molecule has 0 saturated carbocycles. The molecule has 7 heteroatoms. The van der Waals surface area contributed by atoms with E-state index in [9.17, 15) is 5.26 Å². The minimum absolute atomic E-state index is 0.325. The molecule has 104 valence electrons. The topological polar surface area (TPSA) is 102 Å². The molecule has 0 saturated heterocycles. The molecule has 0 radical (unpaired) electrons. The summed E-state index contributed by atoms with van der Waals surface area (Å²) in [5.74, 6) is 0.873. The van der Waals surface area contributed by atoms with Gasteiger partial charge in [-0.1, -0.05) is 0 Å². The number of nitrogen functional groups attached to an aromatic ring is 1. The zero-order chi connectivity index (χ0) is 15.0. The number of ether oxygens (including phenoxy) is 1. The highest BCUT2D eigenvalue weighted by molar-refractivity contribution is 5.78. The van der Waals surface area contributed by atoms with Gasteiger partial charge in [-0.25, -0.2) is 14.5 Å². The van der Waals surface area contributed by atoms with Crippen LogP contribution in [0.25, 0.3) is 16.8 Å². The third-order valence-electron chi connectivity index (χ3n) is 3.22.